The van der Waals surface area contributed by atoms with E-state index in [0.717, 1.165) is 18.7 Å². The fourth-order valence-electron chi connectivity index (χ4n) is 3.08. The van der Waals surface area contributed by atoms with Gasteiger partial charge in [0.2, 0.25) is 5.91 Å². The Morgan fingerprint density at radius 3 is 2.92 bits per heavy atom. The van der Waals surface area contributed by atoms with Gasteiger partial charge in [-0.1, -0.05) is 6.92 Å². The number of anilines is 2. The van der Waals surface area contributed by atoms with Gasteiger partial charge in [-0.05, 0) is 12.5 Å². The Labute approximate surface area is 143 Å². The summed E-state index contributed by atoms with van der Waals surface area (Å²) in [6, 6.07) is 1.07. The van der Waals surface area contributed by atoms with E-state index in [-0.39, 0.29) is 12.1 Å². The lowest BCUT2D eigenvalue weighted by molar-refractivity contribution is -0.137. The molecule has 0 bridgehead atoms. The number of ether oxygens (including phenoxy) is 1. The summed E-state index contributed by atoms with van der Waals surface area (Å²) in [5.41, 5.74) is -0.417. The number of aromatic nitrogens is 1. The standard InChI is InChI=1S/C16H21F3N4O2/c1-2-6-25-7-3-14(24)22-4-5-23-13(10-22)21-12-8-11(16(17,18)19)9-20-15(12)23/h8-9,13,21H,2-7,10H2,1H3. The quantitative estimate of drug-likeness (QED) is 0.819. The highest BCUT2D eigenvalue weighted by molar-refractivity contribution is 5.78. The number of rotatable bonds is 5. The number of halogens is 3. The van der Waals surface area contributed by atoms with Crippen molar-refractivity contribution in [1.29, 1.82) is 0 Å². The number of piperazine rings is 1. The highest BCUT2D eigenvalue weighted by Gasteiger charge is 2.38. The molecule has 2 aliphatic rings. The van der Waals surface area contributed by atoms with E-state index in [1.165, 1.54) is 0 Å². The zero-order chi connectivity index (χ0) is 18.0. The summed E-state index contributed by atoms with van der Waals surface area (Å²) in [6.07, 6.45) is -2.60. The van der Waals surface area contributed by atoms with E-state index in [2.05, 4.69) is 10.3 Å². The fourth-order valence-corrected chi connectivity index (χ4v) is 3.08. The summed E-state index contributed by atoms with van der Waals surface area (Å²) in [5.74, 6) is 0.508. The molecule has 3 rings (SSSR count). The fraction of sp³-hybridized carbons (Fsp3) is 0.625. The number of hydrogen-bond donors (Lipinski definition) is 1. The molecular formula is C16H21F3N4O2. The van der Waals surface area contributed by atoms with Gasteiger partial charge in [0.1, 0.15) is 6.17 Å². The maximum atomic E-state index is 12.8. The topological polar surface area (TPSA) is 57.7 Å². The molecule has 1 atom stereocenters. The van der Waals surface area contributed by atoms with Gasteiger partial charge in [0.25, 0.3) is 0 Å². The van der Waals surface area contributed by atoms with Crippen LogP contribution in [0.2, 0.25) is 0 Å². The molecule has 0 aromatic carbocycles. The Morgan fingerprint density at radius 2 is 2.20 bits per heavy atom. The molecular weight excluding hydrogens is 337 g/mol. The number of pyridine rings is 1. The average molecular weight is 358 g/mol. The van der Waals surface area contributed by atoms with E-state index < -0.39 is 11.7 Å². The number of carbonyl (C=O) groups excluding carboxylic acids is 1. The van der Waals surface area contributed by atoms with Gasteiger partial charge in [-0.2, -0.15) is 13.2 Å². The van der Waals surface area contributed by atoms with E-state index in [9.17, 15) is 18.0 Å². The average Bonchev–Trinajstić information content (AvgIpc) is 2.94. The molecule has 2 aliphatic heterocycles. The van der Waals surface area contributed by atoms with Crippen LogP contribution in [0.4, 0.5) is 24.7 Å². The van der Waals surface area contributed by atoms with Crippen LogP contribution in [0.5, 0.6) is 0 Å². The van der Waals surface area contributed by atoms with Crippen molar-refractivity contribution in [2.75, 3.05) is 43.1 Å². The molecule has 0 radical (unpaired) electrons. The third-order valence-electron chi connectivity index (χ3n) is 4.33. The number of fused-ring (bicyclic) bond motifs is 3. The summed E-state index contributed by atoms with van der Waals surface area (Å²) in [5, 5.41) is 3.05. The maximum Gasteiger partial charge on any atom is 0.417 e. The van der Waals surface area contributed by atoms with Gasteiger partial charge in [-0.3, -0.25) is 4.79 Å². The number of nitrogens with one attached hydrogen (secondary N) is 1. The SMILES string of the molecule is CCCOCCC(=O)N1CCN2c3ncc(C(F)(F)F)cc3NC2C1. The van der Waals surface area contributed by atoms with Crippen molar-refractivity contribution in [1.82, 2.24) is 9.88 Å². The highest BCUT2D eigenvalue weighted by Crippen LogP contribution is 2.38. The minimum Gasteiger partial charge on any atom is -0.381 e. The van der Waals surface area contributed by atoms with E-state index in [4.69, 9.17) is 4.74 Å². The van der Waals surface area contributed by atoms with Crippen molar-refractivity contribution >= 4 is 17.4 Å². The molecule has 1 amide bonds. The Hall–Kier alpha value is -2.03. The molecule has 0 saturated carbocycles. The molecule has 25 heavy (non-hydrogen) atoms. The van der Waals surface area contributed by atoms with E-state index in [1.54, 1.807) is 4.90 Å². The van der Waals surface area contributed by atoms with Crippen LogP contribution >= 0.6 is 0 Å². The summed E-state index contributed by atoms with van der Waals surface area (Å²) < 4.78 is 43.8. The molecule has 138 valence electrons. The largest absolute Gasteiger partial charge is 0.417 e. The summed E-state index contributed by atoms with van der Waals surface area (Å²) in [6.45, 7) is 4.49. The van der Waals surface area contributed by atoms with Crippen molar-refractivity contribution in [2.45, 2.75) is 32.1 Å². The molecule has 1 N–H and O–H groups in total. The Kier molecular flexibility index (Phi) is 5.03. The minimum absolute atomic E-state index is 0.00236. The maximum absolute atomic E-state index is 12.8. The van der Waals surface area contributed by atoms with Crippen molar-refractivity contribution in [3.05, 3.63) is 17.8 Å². The number of alkyl halides is 3. The van der Waals surface area contributed by atoms with Crippen LogP contribution in [0.3, 0.4) is 0 Å². The van der Waals surface area contributed by atoms with Crippen molar-refractivity contribution < 1.29 is 22.7 Å². The third-order valence-corrected chi connectivity index (χ3v) is 4.33. The molecule has 1 fully saturated rings. The number of hydrogen-bond acceptors (Lipinski definition) is 5. The first-order valence-corrected chi connectivity index (χ1v) is 8.36. The normalized spacial score (nSPS) is 19.4. The summed E-state index contributed by atoms with van der Waals surface area (Å²) in [7, 11) is 0. The monoisotopic (exact) mass is 358 g/mol. The van der Waals surface area contributed by atoms with Gasteiger partial charge >= 0.3 is 6.18 Å². The first-order chi connectivity index (χ1) is 11.9. The summed E-state index contributed by atoms with van der Waals surface area (Å²) in [4.78, 5) is 19.8. The van der Waals surface area contributed by atoms with Gasteiger partial charge in [-0.15, -0.1) is 0 Å². The smallest absolute Gasteiger partial charge is 0.381 e. The number of nitrogens with zero attached hydrogens (tertiary/aromatic N) is 3. The van der Waals surface area contributed by atoms with Crippen molar-refractivity contribution in [3.8, 4) is 0 Å². The lowest BCUT2D eigenvalue weighted by Gasteiger charge is -2.38. The van der Waals surface area contributed by atoms with Crippen LogP contribution in [0.25, 0.3) is 0 Å². The van der Waals surface area contributed by atoms with Gasteiger partial charge in [0.05, 0.1) is 30.8 Å². The van der Waals surface area contributed by atoms with Crippen LogP contribution in [0.1, 0.15) is 25.3 Å². The van der Waals surface area contributed by atoms with Crippen LogP contribution in [0.15, 0.2) is 12.3 Å². The molecule has 1 aromatic heterocycles. The number of amides is 1. The lowest BCUT2D eigenvalue weighted by Crippen LogP contribution is -2.55. The predicted octanol–water partition coefficient (Wildman–Crippen LogP) is 2.32. The second-order valence-electron chi connectivity index (χ2n) is 6.15. The molecule has 9 heteroatoms. The minimum atomic E-state index is -4.42. The first-order valence-electron chi connectivity index (χ1n) is 8.36. The van der Waals surface area contributed by atoms with E-state index >= 15 is 0 Å². The van der Waals surface area contributed by atoms with Gasteiger partial charge in [-0.25, -0.2) is 4.98 Å². The molecule has 1 aromatic rings. The van der Waals surface area contributed by atoms with Gasteiger partial charge in [0, 0.05) is 25.9 Å². The number of carbonyl (C=O) groups is 1. The zero-order valence-electron chi connectivity index (χ0n) is 14.0. The Bertz CT molecular complexity index is 638. The van der Waals surface area contributed by atoms with E-state index in [1.807, 2.05) is 11.8 Å². The van der Waals surface area contributed by atoms with Crippen molar-refractivity contribution in [2.24, 2.45) is 0 Å². The molecule has 0 aliphatic carbocycles. The molecule has 1 saturated heterocycles. The second kappa shape index (κ2) is 7.07. The third kappa shape index (κ3) is 3.81. The molecule has 1 unspecified atom stereocenters. The van der Waals surface area contributed by atoms with Crippen LogP contribution in [0, 0.1) is 0 Å². The van der Waals surface area contributed by atoms with Crippen molar-refractivity contribution in [3.63, 3.8) is 0 Å². The van der Waals surface area contributed by atoms with Crippen LogP contribution < -0.4 is 10.2 Å². The van der Waals surface area contributed by atoms with Gasteiger partial charge < -0.3 is 19.9 Å². The molecule has 0 spiro atoms. The Balaban J connectivity index is 1.61. The van der Waals surface area contributed by atoms with Crippen LogP contribution in [-0.2, 0) is 15.7 Å². The highest BCUT2D eigenvalue weighted by atomic mass is 19.4. The molecule has 3 heterocycles. The first kappa shape index (κ1) is 17.8. The van der Waals surface area contributed by atoms with E-state index in [0.29, 0.717) is 50.8 Å². The Morgan fingerprint density at radius 1 is 1.40 bits per heavy atom. The van der Waals surface area contributed by atoms with Crippen LogP contribution in [-0.4, -0.2) is 54.8 Å². The second-order valence-corrected chi connectivity index (χ2v) is 6.15. The summed E-state index contributed by atoms with van der Waals surface area (Å²) >= 11 is 0. The lowest BCUT2D eigenvalue weighted by atomic mass is 10.2. The van der Waals surface area contributed by atoms with Gasteiger partial charge in [0.15, 0.2) is 5.82 Å². The zero-order valence-corrected chi connectivity index (χ0v) is 14.0. The predicted molar refractivity (Wildman–Crippen MR) is 86.3 cm³/mol. The molecule has 6 nitrogen and oxygen atoms in total.